The van der Waals surface area contributed by atoms with Crippen LogP contribution >= 0.6 is 11.6 Å². The number of rotatable bonds is 6. The molecule has 0 fully saturated rings. The van der Waals surface area contributed by atoms with Crippen molar-refractivity contribution < 1.29 is 12.9 Å². The standard InChI is InChI=1S/C18H18ClN3O3S/c1-12(2)13-7-9-14(10-8-13)26(23,24)20-11-17-21-18(22-25-17)15-5-3-4-6-16(15)19/h3-10,12,20H,11H2,1-2H3. The zero-order chi connectivity index (χ0) is 18.7. The zero-order valence-corrected chi connectivity index (χ0v) is 15.9. The van der Waals surface area contributed by atoms with Crippen LogP contribution in [0.15, 0.2) is 57.9 Å². The average molecular weight is 392 g/mol. The van der Waals surface area contributed by atoms with E-state index in [0.717, 1.165) is 5.56 Å². The molecule has 26 heavy (non-hydrogen) atoms. The monoisotopic (exact) mass is 391 g/mol. The predicted molar refractivity (Wildman–Crippen MR) is 99.3 cm³/mol. The third-order valence-corrected chi connectivity index (χ3v) is 5.60. The fraction of sp³-hybridized carbons (Fsp3) is 0.222. The highest BCUT2D eigenvalue weighted by atomic mass is 35.5. The highest BCUT2D eigenvalue weighted by molar-refractivity contribution is 7.89. The summed E-state index contributed by atoms with van der Waals surface area (Å²) in [7, 11) is -3.67. The maximum Gasteiger partial charge on any atom is 0.242 e. The van der Waals surface area contributed by atoms with Gasteiger partial charge in [0.05, 0.1) is 16.5 Å². The van der Waals surface area contributed by atoms with Crippen molar-refractivity contribution in [3.05, 3.63) is 65.0 Å². The van der Waals surface area contributed by atoms with E-state index < -0.39 is 10.0 Å². The van der Waals surface area contributed by atoms with Crippen LogP contribution in [0.2, 0.25) is 5.02 Å². The fourth-order valence-electron chi connectivity index (χ4n) is 2.35. The average Bonchev–Trinajstić information content (AvgIpc) is 3.09. The Balaban J connectivity index is 1.71. The minimum atomic E-state index is -3.67. The molecule has 3 aromatic rings. The molecule has 0 aliphatic carbocycles. The van der Waals surface area contributed by atoms with Gasteiger partial charge in [-0.15, -0.1) is 0 Å². The predicted octanol–water partition coefficient (Wildman–Crippen LogP) is 3.99. The Morgan fingerprint density at radius 3 is 2.46 bits per heavy atom. The van der Waals surface area contributed by atoms with Gasteiger partial charge < -0.3 is 4.52 Å². The Hall–Kier alpha value is -2.22. The van der Waals surface area contributed by atoms with E-state index >= 15 is 0 Å². The third kappa shape index (κ3) is 4.12. The first-order valence-corrected chi connectivity index (χ1v) is 9.90. The van der Waals surface area contributed by atoms with Crippen LogP contribution in [0.5, 0.6) is 0 Å². The van der Waals surface area contributed by atoms with E-state index in [1.165, 1.54) is 0 Å². The number of hydrogen-bond donors (Lipinski definition) is 1. The molecular formula is C18H18ClN3O3S. The Morgan fingerprint density at radius 2 is 1.81 bits per heavy atom. The lowest BCUT2D eigenvalue weighted by Crippen LogP contribution is -2.23. The number of benzene rings is 2. The van der Waals surface area contributed by atoms with Crippen LogP contribution in [0.3, 0.4) is 0 Å². The molecule has 0 aliphatic heterocycles. The van der Waals surface area contributed by atoms with Crippen molar-refractivity contribution in [1.29, 1.82) is 0 Å². The summed E-state index contributed by atoms with van der Waals surface area (Å²) >= 11 is 6.10. The number of halogens is 1. The minimum Gasteiger partial charge on any atom is -0.338 e. The molecule has 0 bridgehead atoms. The van der Waals surface area contributed by atoms with E-state index in [1.807, 2.05) is 13.8 Å². The lowest BCUT2D eigenvalue weighted by atomic mass is 10.0. The molecular weight excluding hydrogens is 374 g/mol. The molecule has 0 aliphatic rings. The van der Waals surface area contributed by atoms with Crippen molar-refractivity contribution in [2.45, 2.75) is 31.2 Å². The van der Waals surface area contributed by atoms with E-state index in [-0.39, 0.29) is 17.3 Å². The summed E-state index contributed by atoms with van der Waals surface area (Å²) < 4.78 is 32.4. The second-order valence-electron chi connectivity index (χ2n) is 6.04. The molecule has 0 radical (unpaired) electrons. The molecule has 0 atom stereocenters. The molecule has 8 heteroatoms. The number of hydrogen-bond acceptors (Lipinski definition) is 5. The smallest absolute Gasteiger partial charge is 0.242 e. The van der Waals surface area contributed by atoms with Crippen LogP contribution < -0.4 is 4.72 Å². The Bertz CT molecular complexity index is 999. The molecule has 1 aromatic heterocycles. The Kier molecular flexibility index (Phi) is 5.41. The SMILES string of the molecule is CC(C)c1ccc(S(=O)(=O)NCc2nc(-c3ccccc3Cl)no2)cc1. The maximum atomic E-state index is 12.4. The van der Waals surface area contributed by atoms with E-state index in [0.29, 0.717) is 22.3 Å². The summed E-state index contributed by atoms with van der Waals surface area (Å²) in [5, 5.41) is 4.34. The van der Waals surface area contributed by atoms with E-state index in [9.17, 15) is 8.42 Å². The Morgan fingerprint density at radius 1 is 1.12 bits per heavy atom. The number of sulfonamides is 1. The van der Waals surface area contributed by atoms with Gasteiger partial charge in [-0.25, -0.2) is 13.1 Å². The van der Waals surface area contributed by atoms with E-state index in [2.05, 4.69) is 14.9 Å². The van der Waals surface area contributed by atoms with Crippen LogP contribution in [0.1, 0.15) is 31.2 Å². The molecule has 0 saturated heterocycles. The van der Waals surface area contributed by atoms with Crippen molar-refractivity contribution in [1.82, 2.24) is 14.9 Å². The first-order chi connectivity index (χ1) is 12.4. The second kappa shape index (κ2) is 7.57. The van der Waals surface area contributed by atoms with Crippen LogP contribution in [0, 0.1) is 0 Å². The van der Waals surface area contributed by atoms with Crippen LogP contribution in [0.25, 0.3) is 11.4 Å². The molecule has 1 N–H and O–H groups in total. The quantitative estimate of drug-likeness (QED) is 0.686. The molecule has 0 unspecified atom stereocenters. The number of nitrogens with one attached hydrogen (secondary N) is 1. The first kappa shape index (κ1) is 18.6. The summed E-state index contributed by atoms with van der Waals surface area (Å²) in [5.74, 6) is 0.801. The minimum absolute atomic E-state index is 0.105. The zero-order valence-electron chi connectivity index (χ0n) is 14.3. The van der Waals surface area contributed by atoms with Crippen molar-refractivity contribution in [3.63, 3.8) is 0 Å². The highest BCUT2D eigenvalue weighted by Crippen LogP contribution is 2.25. The second-order valence-corrected chi connectivity index (χ2v) is 8.21. The van der Waals surface area contributed by atoms with Crippen molar-refractivity contribution >= 4 is 21.6 Å². The van der Waals surface area contributed by atoms with Crippen molar-refractivity contribution in [3.8, 4) is 11.4 Å². The largest absolute Gasteiger partial charge is 0.338 e. The fourth-order valence-corrected chi connectivity index (χ4v) is 3.55. The molecule has 3 rings (SSSR count). The van der Waals surface area contributed by atoms with Crippen LogP contribution in [0.4, 0.5) is 0 Å². The normalized spacial score (nSPS) is 11.8. The molecule has 0 spiro atoms. The first-order valence-electron chi connectivity index (χ1n) is 8.04. The van der Waals surface area contributed by atoms with Crippen LogP contribution in [-0.4, -0.2) is 18.6 Å². The maximum absolute atomic E-state index is 12.4. The summed E-state index contributed by atoms with van der Waals surface area (Å²) in [6, 6.07) is 13.9. The van der Waals surface area contributed by atoms with Gasteiger partial charge in [0.25, 0.3) is 0 Å². The van der Waals surface area contributed by atoms with Crippen molar-refractivity contribution in [2.24, 2.45) is 0 Å². The summed E-state index contributed by atoms with van der Waals surface area (Å²) in [4.78, 5) is 4.37. The van der Waals surface area contributed by atoms with Gasteiger partial charge in [-0.3, -0.25) is 0 Å². The number of nitrogens with zero attached hydrogens (tertiary/aromatic N) is 2. The van der Waals surface area contributed by atoms with Gasteiger partial charge in [-0.1, -0.05) is 54.9 Å². The molecule has 6 nitrogen and oxygen atoms in total. The summed E-state index contributed by atoms with van der Waals surface area (Å²) in [6.45, 7) is 3.99. The summed E-state index contributed by atoms with van der Waals surface area (Å²) in [5.41, 5.74) is 1.70. The van der Waals surface area contributed by atoms with Gasteiger partial charge in [-0.2, -0.15) is 4.98 Å². The molecule has 0 saturated carbocycles. The van der Waals surface area contributed by atoms with Gasteiger partial charge in [0.15, 0.2) is 0 Å². The van der Waals surface area contributed by atoms with Gasteiger partial charge >= 0.3 is 0 Å². The van der Waals surface area contributed by atoms with Gasteiger partial charge in [0.1, 0.15) is 0 Å². The van der Waals surface area contributed by atoms with Gasteiger partial charge in [0.2, 0.25) is 21.7 Å². The van der Waals surface area contributed by atoms with E-state index in [1.54, 1.807) is 48.5 Å². The third-order valence-electron chi connectivity index (χ3n) is 3.85. The van der Waals surface area contributed by atoms with Gasteiger partial charge in [0, 0.05) is 5.56 Å². The Labute approximate surface area is 157 Å². The molecule has 2 aromatic carbocycles. The van der Waals surface area contributed by atoms with Crippen LogP contribution in [-0.2, 0) is 16.6 Å². The van der Waals surface area contributed by atoms with Crippen molar-refractivity contribution in [2.75, 3.05) is 0 Å². The molecule has 0 amide bonds. The lowest BCUT2D eigenvalue weighted by molar-refractivity contribution is 0.376. The van der Waals surface area contributed by atoms with E-state index in [4.69, 9.17) is 16.1 Å². The summed E-state index contributed by atoms with van der Waals surface area (Å²) in [6.07, 6.45) is 0. The number of aromatic nitrogens is 2. The van der Waals surface area contributed by atoms with Gasteiger partial charge in [-0.05, 0) is 35.7 Å². The highest BCUT2D eigenvalue weighted by Gasteiger charge is 2.17. The topological polar surface area (TPSA) is 85.1 Å². The molecule has 1 heterocycles. The lowest BCUT2D eigenvalue weighted by Gasteiger charge is -2.08. The molecule has 136 valence electrons.